The molecule has 1 amide bonds. The van der Waals surface area contributed by atoms with E-state index in [2.05, 4.69) is 5.32 Å². The zero-order valence-electron chi connectivity index (χ0n) is 6.76. The summed E-state index contributed by atoms with van der Waals surface area (Å²) in [6.07, 6.45) is 0. The number of nitriles is 1. The van der Waals surface area contributed by atoms with Crippen molar-refractivity contribution in [3.63, 3.8) is 0 Å². The van der Waals surface area contributed by atoms with Crippen LogP contribution in [0.15, 0.2) is 0 Å². The highest BCUT2D eigenvalue weighted by Gasteiger charge is 2.03. The average Bonchev–Trinajstić information content (AvgIpc) is 2.01. The Balaban J connectivity index is 3.39. The lowest BCUT2D eigenvalue weighted by Crippen LogP contribution is -2.25. The summed E-state index contributed by atoms with van der Waals surface area (Å²) in [5.41, 5.74) is 0. The van der Waals surface area contributed by atoms with Crippen LogP contribution < -0.4 is 5.32 Å². The fourth-order valence-corrected chi connectivity index (χ4v) is 1.06. The molecule has 0 aliphatic carbocycles. The Bertz CT molecular complexity index is 164. The summed E-state index contributed by atoms with van der Waals surface area (Å²) in [7, 11) is 0. The lowest BCUT2D eigenvalue weighted by atomic mass is 10.5. The number of amides is 1. The highest BCUT2D eigenvalue weighted by Crippen LogP contribution is 2.07. The number of nitrogens with zero attached hydrogens (tertiary/aromatic N) is 1. The van der Waals surface area contributed by atoms with Crippen molar-refractivity contribution in [2.75, 3.05) is 12.3 Å². The molecule has 0 heterocycles. The van der Waals surface area contributed by atoms with Gasteiger partial charge in [0.1, 0.15) is 0 Å². The number of hydrogen-bond donors (Lipinski definition) is 1. The van der Waals surface area contributed by atoms with Crippen LogP contribution in [-0.4, -0.2) is 23.5 Å². The highest BCUT2D eigenvalue weighted by molar-refractivity contribution is 8.00. The first kappa shape index (κ1) is 10.3. The van der Waals surface area contributed by atoms with Gasteiger partial charge in [-0.2, -0.15) is 5.26 Å². The van der Waals surface area contributed by atoms with E-state index in [9.17, 15) is 4.79 Å². The van der Waals surface area contributed by atoms with E-state index < -0.39 is 0 Å². The van der Waals surface area contributed by atoms with Crippen LogP contribution in [0.2, 0.25) is 0 Å². The second-order valence-corrected chi connectivity index (χ2v) is 3.36. The molecule has 0 aromatic heterocycles. The molecule has 11 heavy (non-hydrogen) atoms. The van der Waals surface area contributed by atoms with E-state index in [1.165, 1.54) is 11.8 Å². The minimum absolute atomic E-state index is 0.000370. The number of carbonyl (C=O) groups is 1. The Hall–Kier alpha value is -0.690. The molecule has 0 saturated carbocycles. The van der Waals surface area contributed by atoms with Crippen LogP contribution in [0.5, 0.6) is 0 Å². The molecule has 0 saturated heterocycles. The fourth-order valence-electron chi connectivity index (χ4n) is 0.486. The maximum atomic E-state index is 10.8. The molecule has 0 aromatic carbocycles. The fraction of sp³-hybridized carbons (Fsp3) is 0.714. The molecule has 0 aliphatic rings. The van der Waals surface area contributed by atoms with E-state index in [4.69, 9.17) is 5.26 Å². The first-order valence-corrected chi connectivity index (χ1v) is 4.53. The van der Waals surface area contributed by atoms with Gasteiger partial charge in [0.05, 0.1) is 17.1 Å². The molecule has 0 aliphatic heterocycles. The summed E-state index contributed by atoms with van der Waals surface area (Å²) >= 11 is 1.35. The number of carbonyl (C=O) groups excluding carboxylic acids is 1. The van der Waals surface area contributed by atoms with E-state index in [-0.39, 0.29) is 11.2 Å². The molecular formula is C7H12N2OS. The molecule has 0 aromatic rings. The molecule has 0 fully saturated rings. The smallest absolute Gasteiger partial charge is 0.230 e. The largest absolute Gasteiger partial charge is 0.356 e. The van der Waals surface area contributed by atoms with Gasteiger partial charge < -0.3 is 5.32 Å². The van der Waals surface area contributed by atoms with Gasteiger partial charge in [-0.05, 0) is 13.8 Å². The predicted octanol–water partition coefficient (Wildman–Crippen LogP) is 0.768. The van der Waals surface area contributed by atoms with Crippen LogP contribution in [0.25, 0.3) is 0 Å². The summed E-state index contributed by atoms with van der Waals surface area (Å²) in [4.78, 5) is 10.8. The third-order valence-corrected chi connectivity index (χ3v) is 2.05. The maximum absolute atomic E-state index is 10.8. The number of nitrogens with one attached hydrogen (secondary N) is 1. The third-order valence-electron chi connectivity index (χ3n) is 1.02. The van der Waals surface area contributed by atoms with Crippen molar-refractivity contribution < 1.29 is 4.79 Å². The minimum atomic E-state index is -0.0994. The van der Waals surface area contributed by atoms with Crippen molar-refractivity contribution in [3.8, 4) is 6.07 Å². The number of hydrogen-bond acceptors (Lipinski definition) is 3. The first-order chi connectivity index (χ1) is 5.20. The number of thioether (sulfide) groups is 1. The van der Waals surface area contributed by atoms with E-state index in [0.29, 0.717) is 12.3 Å². The normalized spacial score (nSPS) is 11.7. The van der Waals surface area contributed by atoms with Crippen molar-refractivity contribution in [3.05, 3.63) is 0 Å². The summed E-state index contributed by atoms with van der Waals surface area (Å²) in [5, 5.41) is 10.9. The molecular weight excluding hydrogens is 160 g/mol. The highest BCUT2D eigenvalue weighted by atomic mass is 32.2. The average molecular weight is 172 g/mol. The van der Waals surface area contributed by atoms with Gasteiger partial charge in [0.2, 0.25) is 5.91 Å². The van der Waals surface area contributed by atoms with Crippen molar-refractivity contribution in [1.29, 1.82) is 5.26 Å². The van der Waals surface area contributed by atoms with Crippen LogP contribution in [-0.2, 0) is 4.79 Å². The van der Waals surface area contributed by atoms with Crippen molar-refractivity contribution in [2.24, 2.45) is 0 Å². The summed E-state index contributed by atoms with van der Waals surface area (Å²) in [6.45, 7) is 4.31. The van der Waals surface area contributed by atoms with Crippen LogP contribution in [0.3, 0.4) is 0 Å². The lowest BCUT2D eigenvalue weighted by molar-refractivity contribution is -0.118. The zero-order chi connectivity index (χ0) is 8.69. The Morgan fingerprint density at radius 2 is 2.45 bits per heavy atom. The maximum Gasteiger partial charge on any atom is 0.230 e. The molecule has 1 atom stereocenters. The van der Waals surface area contributed by atoms with Gasteiger partial charge in [0.15, 0.2) is 0 Å². The standard InChI is InChI=1S/C7H12N2OS/c1-3-9-7(10)5-11-6(2)4-8/h6H,3,5H2,1-2H3,(H,9,10). The molecule has 0 spiro atoms. The summed E-state index contributed by atoms with van der Waals surface area (Å²) in [6, 6.07) is 2.05. The number of rotatable bonds is 4. The summed E-state index contributed by atoms with van der Waals surface area (Å²) < 4.78 is 0. The molecule has 3 nitrogen and oxygen atoms in total. The van der Waals surface area contributed by atoms with E-state index in [1.807, 2.05) is 13.0 Å². The van der Waals surface area contributed by atoms with Crippen molar-refractivity contribution in [1.82, 2.24) is 5.32 Å². The minimum Gasteiger partial charge on any atom is -0.356 e. The Morgan fingerprint density at radius 3 is 2.91 bits per heavy atom. The Labute approximate surface area is 71.2 Å². The van der Waals surface area contributed by atoms with E-state index >= 15 is 0 Å². The lowest BCUT2D eigenvalue weighted by Gasteiger charge is -2.01. The molecule has 1 N–H and O–H groups in total. The van der Waals surface area contributed by atoms with Crippen molar-refractivity contribution in [2.45, 2.75) is 19.1 Å². The quantitative estimate of drug-likeness (QED) is 0.681. The van der Waals surface area contributed by atoms with E-state index in [1.54, 1.807) is 6.92 Å². The SMILES string of the molecule is CCNC(=O)CSC(C)C#N. The van der Waals surface area contributed by atoms with Crippen LogP contribution in [0.1, 0.15) is 13.8 Å². The van der Waals surface area contributed by atoms with Gasteiger partial charge in [-0.25, -0.2) is 0 Å². The molecule has 0 bridgehead atoms. The van der Waals surface area contributed by atoms with Gasteiger partial charge in [-0.3, -0.25) is 4.79 Å². The van der Waals surface area contributed by atoms with E-state index in [0.717, 1.165) is 0 Å². The third kappa shape index (κ3) is 5.74. The zero-order valence-corrected chi connectivity index (χ0v) is 7.57. The van der Waals surface area contributed by atoms with Crippen LogP contribution in [0.4, 0.5) is 0 Å². The van der Waals surface area contributed by atoms with Crippen LogP contribution in [0, 0.1) is 11.3 Å². The molecule has 62 valence electrons. The topological polar surface area (TPSA) is 52.9 Å². The van der Waals surface area contributed by atoms with Gasteiger partial charge in [0.25, 0.3) is 0 Å². The molecule has 0 radical (unpaired) electrons. The molecule has 0 rings (SSSR count). The Morgan fingerprint density at radius 1 is 1.82 bits per heavy atom. The second-order valence-electron chi connectivity index (χ2n) is 2.04. The van der Waals surface area contributed by atoms with Crippen molar-refractivity contribution >= 4 is 17.7 Å². The van der Waals surface area contributed by atoms with Crippen LogP contribution >= 0.6 is 11.8 Å². The van der Waals surface area contributed by atoms with Gasteiger partial charge in [-0.1, -0.05) is 0 Å². The van der Waals surface area contributed by atoms with Gasteiger partial charge >= 0.3 is 0 Å². The van der Waals surface area contributed by atoms with Gasteiger partial charge in [0, 0.05) is 6.54 Å². The Kier molecular flexibility index (Phi) is 5.67. The molecule has 4 heteroatoms. The van der Waals surface area contributed by atoms with Gasteiger partial charge in [-0.15, -0.1) is 11.8 Å². The molecule has 1 unspecified atom stereocenters. The first-order valence-electron chi connectivity index (χ1n) is 3.48. The predicted molar refractivity (Wildman–Crippen MR) is 46.2 cm³/mol. The summed E-state index contributed by atoms with van der Waals surface area (Å²) in [5.74, 6) is 0.377. The monoisotopic (exact) mass is 172 g/mol. The second kappa shape index (κ2) is 6.05.